The summed E-state index contributed by atoms with van der Waals surface area (Å²) in [6, 6.07) is 8.85. The molecule has 2 aromatic rings. The number of aryl methyl sites for hydroxylation is 1. The zero-order valence-corrected chi connectivity index (χ0v) is 17.1. The van der Waals surface area contributed by atoms with Crippen molar-refractivity contribution in [3.05, 3.63) is 35.5 Å². The fraction of sp³-hybridized carbons (Fsp3) is 0.455. The van der Waals surface area contributed by atoms with E-state index in [9.17, 15) is 24.6 Å². The van der Waals surface area contributed by atoms with Crippen molar-refractivity contribution in [3.8, 4) is 6.07 Å². The summed E-state index contributed by atoms with van der Waals surface area (Å²) < 4.78 is 1.58. The first kappa shape index (κ1) is 22.3. The molecule has 2 atom stereocenters. The maximum Gasteiger partial charge on any atom is 0.352 e. The highest BCUT2D eigenvalue weighted by Gasteiger charge is 2.53. The van der Waals surface area contributed by atoms with E-state index in [0.717, 1.165) is 0 Å². The molecule has 2 amide bonds. The van der Waals surface area contributed by atoms with Crippen LogP contribution in [0.15, 0.2) is 24.3 Å². The van der Waals surface area contributed by atoms with Crippen LogP contribution >= 0.6 is 0 Å². The molecule has 9 nitrogen and oxygen atoms in total. The molecule has 1 aromatic carbocycles. The first-order valence-corrected chi connectivity index (χ1v) is 10.3. The van der Waals surface area contributed by atoms with Gasteiger partial charge in [-0.3, -0.25) is 9.59 Å². The third-order valence-electron chi connectivity index (χ3n) is 6.17. The molecule has 0 radical (unpaired) electrons. The van der Waals surface area contributed by atoms with Gasteiger partial charge < -0.3 is 25.8 Å². The Bertz CT molecular complexity index is 1050. The predicted octanol–water partition coefficient (Wildman–Crippen LogP) is 1.27. The van der Waals surface area contributed by atoms with Crippen LogP contribution in [0.4, 0.5) is 0 Å². The first-order chi connectivity index (χ1) is 14.9. The van der Waals surface area contributed by atoms with Crippen LogP contribution < -0.4 is 11.1 Å². The van der Waals surface area contributed by atoms with Gasteiger partial charge in [0.1, 0.15) is 12.2 Å². The van der Waals surface area contributed by atoms with E-state index in [1.807, 2.05) is 6.07 Å². The summed E-state index contributed by atoms with van der Waals surface area (Å²) in [4.78, 5) is 38.5. The number of hydrogen-bond acceptors (Lipinski definition) is 5. The van der Waals surface area contributed by atoms with Crippen LogP contribution in [-0.2, 0) is 21.5 Å². The number of benzene rings is 1. The molecule has 0 unspecified atom stereocenters. The molecule has 164 valence electrons. The Hall–Kier alpha value is -3.38. The number of carboxylic acid groups (broad SMARTS) is 1. The molecule has 31 heavy (non-hydrogen) atoms. The van der Waals surface area contributed by atoms with Crippen molar-refractivity contribution in [1.29, 1.82) is 5.26 Å². The van der Waals surface area contributed by atoms with Gasteiger partial charge in [-0.2, -0.15) is 5.26 Å². The van der Waals surface area contributed by atoms with E-state index in [2.05, 4.69) is 5.32 Å². The number of nitriles is 1. The van der Waals surface area contributed by atoms with E-state index in [1.165, 1.54) is 0 Å². The molecule has 5 N–H and O–H groups in total. The van der Waals surface area contributed by atoms with Gasteiger partial charge in [-0.05, 0) is 25.3 Å². The molecule has 9 heteroatoms. The summed E-state index contributed by atoms with van der Waals surface area (Å²) in [6.07, 6.45) is 2.22. The Kier molecular flexibility index (Phi) is 6.61. The monoisotopic (exact) mass is 426 g/mol. The van der Waals surface area contributed by atoms with Crippen LogP contribution in [0.5, 0.6) is 0 Å². The number of carboxylic acids is 1. The number of nitrogens with one attached hydrogen (secondary N) is 1. The number of aliphatic hydroxyl groups is 1. The second kappa shape index (κ2) is 9.18. The number of fused-ring (bicyclic) bond motifs is 1. The number of carbonyl (C=O) groups excluding carboxylic acids is 2. The van der Waals surface area contributed by atoms with Crippen molar-refractivity contribution >= 4 is 28.7 Å². The van der Waals surface area contributed by atoms with Gasteiger partial charge in [0.25, 0.3) is 0 Å². The van der Waals surface area contributed by atoms with E-state index in [0.29, 0.717) is 36.6 Å². The van der Waals surface area contributed by atoms with E-state index < -0.39 is 29.1 Å². The maximum absolute atomic E-state index is 13.0. The SMILES string of the molecule is N#CCNC(=O)[C@@H]1CCCC[C@@]1(C(N)=O)c1c(C(=O)O)n(CCCO)c2ccccc12. The number of nitrogens with zero attached hydrogens (tertiary/aromatic N) is 2. The van der Waals surface area contributed by atoms with Gasteiger partial charge in [-0.1, -0.05) is 31.0 Å². The summed E-state index contributed by atoms with van der Waals surface area (Å²) in [7, 11) is 0. The van der Waals surface area contributed by atoms with Gasteiger partial charge in [-0.25, -0.2) is 4.79 Å². The standard InChI is InChI=1S/C22H26N4O5/c23-10-11-25-19(28)15-7-3-4-9-22(15,21(24)31)17-14-6-1-2-8-16(14)26(12-5-13-27)18(17)20(29)30/h1-2,6,8,15,27H,3-5,7,9,11-13H2,(H2,24,31)(H,25,28)(H,29,30)/t15-,22-/m0/s1. The van der Waals surface area contributed by atoms with Gasteiger partial charge >= 0.3 is 5.97 Å². The largest absolute Gasteiger partial charge is 0.477 e. The molecule has 1 aliphatic carbocycles. The highest BCUT2D eigenvalue weighted by molar-refractivity contribution is 6.06. The molecule has 0 aliphatic heterocycles. The van der Waals surface area contributed by atoms with Crippen LogP contribution in [0.25, 0.3) is 10.9 Å². The van der Waals surface area contributed by atoms with Crippen LogP contribution in [0, 0.1) is 17.2 Å². The van der Waals surface area contributed by atoms with Crippen molar-refractivity contribution < 1.29 is 24.6 Å². The van der Waals surface area contributed by atoms with E-state index in [1.54, 1.807) is 28.8 Å². The van der Waals surface area contributed by atoms with E-state index in [-0.39, 0.29) is 37.4 Å². The lowest BCUT2D eigenvalue weighted by Crippen LogP contribution is -2.54. The summed E-state index contributed by atoms with van der Waals surface area (Å²) in [5, 5.41) is 31.4. The summed E-state index contributed by atoms with van der Waals surface area (Å²) >= 11 is 0. The van der Waals surface area contributed by atoms with E-state index in [4.69, 9.17) is 11.0 Å². The maximum atomic E-state index is 13.0. The molecule has 1 aromatic heterocycles. The van der Waals surface area contributed by atoms with Gasteiger partial charge in [-0.15, -0.1) is 0 Å². The Morgan fingerprint density at radius 2 is 2.03 bits per heavy atom. The molecule has 0 spiro atoms. The van der Waals surface area contributed by atoms with Gasteiger partial charge in [0, 0.05) is 29.6 Å². The number of aliphatic hydroxyl groups excluding tert-OH is 1. The number of primary amides is 1. The smallest absolute Gasteiger partial charge is 0.352 e. The minimum absolute atomic E-state index is 0.0894. The van der Waals surface area contributed by atoms with Crippen LogP contribution in [-0.4, -0.2) is 45.7 Å². The molecule has 0 saturated heterocycles. The fourth-order valence-electron chi connectivity index (χ4n) is 4.93. The fourth-order valence-corrected chi connectivity index (χ4v) is 4.93. The van der Waals surface area contributed by atoms with Crippen LogP contribution in [0.2, 0.25) is 0 Å². The van der Waals surface area contributed by atoms with Crippen molar-refractivity contribution in [2.24, 2.45) is 11.7 Å². The topological polar surface area (TPSA) is 158 Å². The quantitative estimate of drug-likeness (QED) is 0.465. The average Bonchev–Trinajstić information content (AvgIpc) is 3.10. The molecular weight excluding hydrogens is 400 g/mol. The Labute approximate surface area is 179 Å². The zero-order valence-electron chi connectivity index (χ0n) is 17.1. The van der Waals surface area contributed by atoms with Gasteiger partial charge in [0.2, 0.25) is 11.8 Å². The number of amides is 2. The number of hydrogen-bond donors (Lipinski definition) is 4. The Morgan fingerprint density at radius 3 is 2.68 bits per heavy atom. The molecule has 0 bridgehead atoms. The Morgan fingerprint density at radius 1 is 1.29 bits per heavy atom. The van der Waals surface area contributed by atoms with Crippen molar-refractivity contribution in [3.63, 3.8) is 0 Å². The number of rotatable bonds is 8. The highest BCUT2D eigenvalue weighted by Crippen LogP contribution is 2.48. The average molecular weight is 426 g/mol. The highest BCUT2D eigenvalue weighted by atomic mass is 16.4. The number of nitrogens with two attached hydrogens (primary N) is 1. The van der Waals surface area contributed by atoms with Gasteiger partial charge in [0.15, 0.2) is 0 Å². The lowest BCUT2D eigenvalue weighted by Gasteiger charge is -2.41. The molecule has 3 rings (SSSR count). The minimum Gasteiger partial charge on any atom is -0.477 e. The summed E-state index contributed by atoms with van der Waals surface area (Å²) in [5.74, 6) is -3.35. The molecular formula is C22H26N4O5. The van der Waals surface area contributed by atoms with Crippen LogP contribution in [0.3, 0.4) is 0 Å². The number of para-hydroxylation sites is 1. The summed E-state index contributed by atoms with van der Waals surface area (Å²) in [6.45, 7) is -0.103. The molecule has 1 heterocycles. The van der Waals surface area contributed by atoms with E-state index >= 15 is 0 Å². The van der Waals surface area contributed by atoms with Crippen molar-refractivity contribution in [2.45, 2.75) is 44.1 Å². The normalized spacial score (nSPS) is 20.8. The third-order valence-corrected chi connectivity index (χ3v) is 6.17. The second-order valence-electron chi connectivity index (χ2n) is 7.78. The number of aromatic nitrogens is 1. The minimum atomic E-state index is -1.52. The second-order valence-corrected chi connectivity index (χ2v) is 7.78. The van der Waals surface area contributed by atoms with Gasteiger partial charge in [0.05, 0.1) is 17.4 Å². The summed E-state index contributed by atoms with van der Waals surface area (Å²) in [5.41, 5.74) is 5.18. The number of aromatic carboxylic acids is 1. The number of carbonyl (C=O) groups is 3. The molecule has 1 saturated carbocycles. The third kappa shape index (κ3) is 3.75. The molecule has 1 aliphatic rings. The van der Waals surface area contributed by atoms with Crippen LogP contribution in [0.1, 0.15) is 48.2 Å². The van der Waals surface area contributed by atoms with Crippen molar-refractivity contribution in [1.82, 2.24) is 9.88 Å². The zero-order chi connectivity index (χ0) is 22.6. The predicted molar refractivity (Wildman–Crippen MR) is 112 cm³/mol. The first-order valence-electron chi connectivity index (χ1n) is 10.3. The lowest BCUT2D eigenvalue weighted by molar-refractivity contribution is -0.137. The molecule has 1 fully saturated rings. The Balaban J connectivity index is 2.35. The lowest BCUT2D eigenvalue weighted by atomic mass is 9.61. The van der Waals surface area contributed by atoms with Crippen molar-refractivity contribution in [2.75, 3.05) is 13.2 Å².